The van der Waals surface area contributed by atoms with Crippen molar-refractivity contribution in [2.45, 2.75) is 44.6 Å². The number of likely N-dealkylation sites (tertiary alicyclic amines) is 1. The summed E-state index contributed by atoms with van der Waals surface area (Å²) in [4.78, 5) is 38.2. The molecule has 2 aromatic heterocycles. The molecule has 1 saturated carbocycles. The summed E-state index contributed by atoms with van der Waals surface area (Å²) in [5.74, 6) is -0.310. The largest absolute Gasteiger partial charge is 0.493 e. The van der Waals surface area contributed by atoms with E-state index >= 15 is 0 Å². The lowest BCUT2D eigenvalue weighted by Gasteiger charge is -2.35. The van der Waals surface area contributed by atoms with Gasteiger partial charge in [-0.15, -0.1) is 0 Å². The van der Waals surface area contributed by atoms with Crippen molar-refractivity contribution in [1.82, 2.24) is 25.2 Å². The molecular weight excluding hydrogens is 534 g/mol. The van der Waals surface area contributed by atoms with E-state index in [9.17, 15) is 27.2 Å². The van der Waals surface area contributed by atoms with Crippen molar-refractivity contribution in [2.75, 3.05) is 33.4 Å². The van der Waals surface area contributed by atoms with Gasteiger partial charge in [0.1, 0.15) is 36.1 Å². The second kappa shape index (κ2) is 11.0. The van der Waals surface area contributed by atoms with Gasteiger partial charge in [0.2, 0.25) is 5.91 Å². The zero-order valence-electron chi connectivity index (χ0n) is 22.0. The highest BCUT2D eigenvalue weighted by Gasteiger charge is 2.35. The predicted octanol–water partition coefficient (Wildman–Crippen LogP) is 4.06. The first-order valence-corrected chi connectivity index (χ1v) is 13.0. The van der Waals surface area contributed by atoms with Crippen LogP contribution in [0.2, 0.25) is 0 Å². The molecule has 5 rings (SSSR count). The lowest BCUT2D eigenvalue weighted by molar-refractivity contribution is -0.138. The number of alkyl halides is 4. The van der Waals surface area contributed by atoms with Gasteiger partial charge in [0.15, 0.2) is 0 Å². The fraction of sp³-hybridized carbons (Fsp3) is 0.481. The first-order chi connectivity index (χ1) is 19.1. The van der Waals surface area contributed by atoms with E-state index in [0.29, 0.717) is 18.2 Å². The van der Waals surface area contributed by atoms with Gasteiger partial charge in [-0.05, 0) is 50.3 Å². The Balaban J connectivity index is 1.44. The summed E-state index contributed by atoms with van der Waals surface area (Å²) < 4.78 is 66.4. The molecule has 9 nitrogen and oxygen atoms in total. The van der Waals surface area contributed by atoms with Gasteiger partial charge in [-0.2, -0.15) is 13.2 Å². The van der Waals surface area contributed by atoms with Crippen LogP contribution in [-0.4, -0.2) is 77.3 Å². The highest BCUT2D eigenvalue weighted by atomic mass is 19.4. The van der Waals surface area contributed by atoms with Crippen LogP contribution in [0.5, 0.6) is 5.75 Å². The third-order valence-electron chi connectivity index (χ3n) is 7.21. The van der Waals surface area contributed by atoms with Gasteiger partial charge in [-0.1, -0.05) is 0 Å². The number of piperidine rings is 1. The molecule has 0 bridgehead atoms. The average molecular weight is 564 g/mol. The van der Waals surface area contributed by atoms with Crippen molar-refractivity contribution in [3.63, 3.8) is 0 Å². The molecule has 2 aliphatic rings. The molecule has 13 heteroatoms. The van der Waals surface area contributed by atoms with Crippen molar-refractivity contribution in [1.29, 1.82) is 0 Å². The van der Waals surface area contributed by atoms with E-state index in [1.165, 1.54) is 24.4 Å². The zero-order valence-corrected chi connectivity index (χ0v) is 22.0. The molecule has 2 amide bonds. The number of fused-ring (bicyclic) bond motifs is 1. The van der Waals surface area contributed by atoms with Gasteiger partial charge in [-0.3, -0.25) is 9.59 Å². The number of benzene rings is 1. The normalized spacial score (nSPS) is 19.6. The Morgan fingerprint density at radius 3 is 2.65 bits per heavy atom. The molecule has 0 spiro atoms. The van der Waals surface area contributed by atoms with Crippen molar-refractivity contribution in [3.05, 3.63) is 41.3 Å². The second-order valence-electron chi connectivity index (χ2n) is 10.2. The van der Waals surface area contributed by atoms with Gasteiger partial charge in [0.25, 0.3) is 5.91 Å². The Bertz CT molecular complexity index is 1420. The minimum Gasteiger partial charge on any atom is -0.493 e. The third kappa shape index (κ3) is 5.74. The number of amides is 2. The molecule has 2 N–H and O–H groups in total. The van der Waals surface area contributed by atoms with Crippen LogP contribution in [0.1, 0.15) is 40.9 Å². The molecule has 2 fully saturated rings. The van der Waals surface area contributed by atoms with Crippen LogP contribution in [-0.2, 0) is 15.7 Å². The topological polar surface area (TPSA) is 109 Å². The number of carbonyl (C=O) groups excluding carboxylic acids is 2. The summed E-state index contributed by atoms with van der Waals surface area (Å²) in [5, 5.41) is 2.70. The van der Waals surface area contributed by atoms with Crippen molar-refractivity contribution >= 4 is 22.8 Å². The van der Waals surface area contributed by atoms with Crippen molar-refractivity contribution < 1.29 is 36.6 Å². The molecule has 40 heavy (non-hydrogen) atoms. The SMILES string of the molecule is COCC(=O)N1CC[C@H](NC(=O)c2c(C)[nH]c3c(-c4cc(C(F)(F)F)ccc4OCC4CC4)ncnc23)[C@H](F)C1. The number of methoxy groups -OCH3 is 1. The Morgan fingerprint density at radius 1 is 1.20 bits per heavy atom. The maximum Gasteiger partial charge on any atom is 0.416 e. The van der Waals surface area contributed by atoms with E-state index in [-0.39, 0.29) is 65.6 Å². The number of aromatic amines is 1. The maximum absolute atomic E-state index is 14.9. The summed E-state index contributed by atoms with van der Waals surface area (Å²) in [6, 6.07) is 2.38. The smallest absolute Gasteiger partial charge is 0.416 e. The van der Waals surface area contributed by atoms with Crippen LogP contribution in [0.15, 0.2) is 24.5 Å². The predicted molar refractivity (Wildman–Crippen MR) is 137 cm³/mol. The minimum atomic E-state index is -4.58. The molecular formula is C27H29F4N5O4. The van der Waals surface area contributed by atoms with E-state index < -0.39 is 29.9 Å². The molecule has 3 aromatic rings. The molecule has 214 valence electrons. The number of nitrogens with one attached hydrogen (secondary N) is 2. The average Bonchev–Trinajstić information content (AvgIpc) is 3.67. The minimum absolute atomic E-state index is 0.119. The number of H-pyrrole nitrogens is 1. The number of nitrogens with zero attached hydrogens (tertiary/aromatic N) is 3. The van der Waals surface area contributed by atoms with Crippen molar-refractivity contribution in [2.24, 2.45) is 5.92 Å². The molecule has 1 aliphatic carbocycles. The summed E-state index contributed by atoms with van der Waals surface area (Å²) in [5.41, 5.74) is 0.385. The number of ether oxygens (including phenoxy) is 2. The summed E-state index contributed by atoms with van der Waals surface area (Å²) in [7, 11) is 1.38. The van der Waals surface area contributed by atoms with Gasteiger partial charge in [-0.25, -0.2) is 14.4 Å². The number of rotatable bonds is 8. The lowest BCUT2D eigenvalue weighted by Crippen LogP contribution is -2.54. The quantitative estimate of drug-likeness (QED) is 0.400. The Labute approximate surface area is 227 Å². The van der Waals surface area contributed by atoms with E-state index in [0.717, 1.165) is 25.0 Å². The van der Waals surface area contributed by atoms with Crippen LogP contribution in [0.4, 0.5) is 17.6 Å². The fourth-order valence-corrected chi connectivity index (χ4v) is 4.86. The number of halogens is 4. The van der Waals surface area contributed by atoms with Crippen LogP contribution in [0, 0.1) is 12.8 Å². The zero-order chi connectivity index (χ0) is 28.6. The van der Waals surface area contributed by atoms with Gasteiger partial charge >= 0.3 is 6.18 Å². The molecule has 3 heterocycles. The van der Waals surface area contributed by atoms with E-state index in [1.807, 2.05) is 0 Å². The van der Waals surface area contributed by atoms with Crippen LogP contribution in [0.25, 0.3) is 22.3 Å². The van der Waals surface area contributed by atoms with E-state index in [4.69, 9.17) is 9.47 Å². The summed E-state index contributed by atoms with van der Waals surface area (Å²) >= 11 is 0. The molecule has 0 radical (unpaired) electrons. The molecule has 0 unspecified atom stereocenters. The Hall–Kier alpha value is -3.74. The number of aryl methyl sites for hydroxylation is 1. The number of hydrogen-bond donors (Lipinski definition) is 2. The van der Waals surface area contributed by atoms with Crippen LogP contribution in [0.3, 0.4) is 0 Å². The monoisotopic (exact) mass is 563 g/mol. The molecule has 2 atom stereocenters. The maximum atomic E-state index is 14.9. The van der Waals surface area contributed by atoms with Crippen molar-refractivity contribution in [3.8, 4) is 17.0 Å². The van der Waals surface area contributed by atoms with Gasteiger partial charge < -0.3 is 24.7 Å². The van der Waals surface area contributed by atoms with E-state index in [1.54, 1.807) is 6.92 Å². The Kier molecular flexibility index (Phi) is 7.67. The van der Waals surface area contributed by atoms with Gasteiger partial charge in [0, 0.05) is 24.9 Å². The highest BCUT2D eigenvalue weighted by molar-refractivity contribution is 6.09. The van der Waals surface area contributed by atoms with E-state index in [2.05, 4.69) is 20.3 Å². The third-order valence-corrected chi connectivity index (χ3v) is 7.21. The summed E-state index contributed by atoms with van der Waals surface area (Å²) in [6.07, 6.45) is -2.70. The fourth-order valence-electron chi connectivity index (χ4n) is 4.86. The highest BCUT2D eigenvalue weighted by Crippen LogP contribution is 2.40. The van der Waals surface area contributed by atoms with Gasteiger partial charge in [0.05, 0.1) is 35.8 Å². The molecule has 1 aliphatic heterocycles. The number of carbonyl (C=O) groups is 2. The second-order valence-corrected chi connectivity index (χ2v) is 10.2. The number of aromatic nitrogens is 3. The lowest BCUT2D eigenvalue weighted by atomic mass is 10.0. The summed E-state index contributed by atoms with van der Waals surface area (Å²) in [6.45, 7) is 1.93. The standard InChI is InChI=1S/C27H29F4N5O4/c1-14-22(26(38)35-19-7-8-36(10-18(19)28)21(37)12-39-2)24-25(34-14)23(32-13-33-24)17-9-16(27(29,30)31)5-6-20(17)40-11-15-3-4-15/h5-6,9,13,15,18-19,34H,3-4,7-8,10-12H2,1-2H3,(H,35,38)/t18-,19+/m1/s1. The molecule has 1 aromatic carbocycles. The number of hydrogen-bond acceptors (Lipinski definition) is 6. The van der Waals surface area contributed by atoms with Crippen LogP contribution >= 0.6 is 0 Å². The molecule has 1 saturated heterocycles. The van der Waals surface area contributed by atoms with Crippen LogP contribution < -0.4 is 10.1 Å². The first-order valence-electron chi connectivity index (χ1n) is 13.0. The first kappa shape index (κ1) is 27.8. The Morgan fingerprint density at radius 2 is 1.98 bits per heavy atom.